The van der Waals surface area contributed by atoms with Crippen molar-refractivity contribution in [1.82, 2.24) is 0 Å². The van der Waals surface area contributed by atoms with Crippen LogP contribution in [0.3, 0.4) is 0 Å². The number of ether oxygens (including phenoxy) is 1. The Morgan fingerprint density at radius 2 is 1.50 bits per heavy atom. The molecule has 20 heavy (non-hydrogen) atoms. The Morgan fingerprint density at radius 3 is 2.10 bits per heavy atom. The van der Waals surface area contributed by atoms with E-state index in [1.54, 1.807) is 0 Å². The predicted octanol–water partition coefficient (Wildman–Crippen LogP) is 5.23. The lowest BCUT2D eigenvalue weighted by molar-refractivity contribution is 0.304. The first-order valence-electron chi connectivity index (χ1n) is 8.26. The Balaban J connectivity index is 2.10. The van der Waals surface area contributed by atoms with Gasteiger partial charge in [-0.05, 0) is 30.5 Å². The van der Waals surface area contributed by atoms with E-state index >= 15 is 0 Å². The second-order valence-corrected chi connectivity index (χ2v) is 5.55. The smallest absolute Gasteiger partial charge is 0.119 e. The molecular weight excluding hydrogens is 246 g/mol. The van der Waals surface area contributed by atoms with Gasteiger partial charge < -0.3 is 10.5 Å². The standard InChI is InChI=1S/C18H31NO/c1-3-5-6-7-8-9-10-15-20-17-13-11-16(12-14-17)18(19)4-2/h11-14,18H,3-10,15,19H2,1-2H3/t18-/m1/s1. The molecule has 0 aliphatic rings. The van der Waals surface area contributed by atoms with Crippen molar-refractivity contribution in [2.24, 2.45) is 5.73 Å². The van der Waals surface area contributed by atoms with E-state index in [4.69, 9.17) is 10.5 Å². The number of hydrogen-bond donors (Lipinski definition) is 1. The van der Waals surface area contributed by atoms with Crippen LogP contribution in [0.15, 0.2) is 24.3 Å². The van der Waals surface area contributed by atoms with Crippen molar-refractivity contribution in [2.75, 3.05) is 6.61 Å². The Kier molecular flexibility index (Phi) is 9.14. The molecule has 1 atom stereocenters. The van der Waals surface area contributed by atoms with Crippen molar-refractivity contribution < 1.29 is 4.74 Å². The van der Waals surface area contributed by atoms with Crippen LogP contribution in [0.4, 0.5) is 0 Å². The van der Waals surface area contributed by atoms with Crippen molar-refractivity contribution in [2.45, 2.75) is 71.3 Å². The Labute approximate surface area is 124 Å². The van der Waals surface area contributed by atoms with Crippen molar-refractivity contribution in [3.63, 3.8) is 0 Å². The molecule has 0 radical (unpaired) electrons. The molecule has 1 aromatic carbocycles. The first-order valence-corrected chi connectivity index (χ1v) is 8.26. The van der Waals surface area contributed by atoms with Gasteiger partial charge in [0, 0.05) is 6.04 Å². The summed E-state index contributed by atoms with van der Waals surface area (Å²) in [6.45, 7) is 5.19. The number of rotatable bonds is 11. The molecule has 2 heteroatoms. The van der Waals surface area contributed by atoms with Crippen LogP contribution in [0.5, 0.6) is 5.75 Å². The van der Waals surface area contributed by atoms with Crippen molar-refractivity contribution in [3.8, 4) is 5.75 Å². The SMILES string of the molecule is CCCCCCCCCOc1ccc([C@H](N)CC)cc1. The summed E-state index contributed by atoms with van der Waals surface area (Å²) >= 11 is 0. The molecule has 1 aromatic rings. The summed E-state index contributed by atoms with van der Waals surface area (Å²) in [4.78, 5) is 0. The topological polar surface area (TPSA) is 35.2 Å². The van der Waals surface area contributed by atoms with Gasteiger partial charge in [0.15, 0.2) is 0 Å². The minimum Gasteiger partial charge on any atom is -0.494 e. The zero-order valence-corrected chi connectivity index (χ0v) is 13.2. The number of nitrogens with two attached hydrogens (primary N) is 1. The molecule has 0 spiro atoms. The number of benzene rings is 1. The molecule has 114 valence electrons. The third-order valence-corrected chi connectivity index (χ3v) is 3.76. The van der Waals surface area contributed by atoms with Gasteiger partial charge in [-0.25, -0.2) is 0 Å². The van der Waals surface area contributed by atoms with Crippen molar-refractivity contribution in [3.05, 3.63) is 29.8 Å². The highest BCUT2D eigenvalue weighted by atomic mass is 16.5. The van der Waals surface area contributed by atoms with Crippen LogP contribution in [0, 0.1) is 0 Å². The van der Waals surface area contributed by atoms with E-state index in [0.29, 0.717) is 0 Å². The summed E-state index contributed by atoms with van der Waals surface area (Å²) in [6, 6.07) is 8.37. The fourth-order valence-corrected chi connectivity index (χ4v) is 2.30. The van der Waals surface area contributed by atoms with Gasteiger partial charge in [0.25, 0.3) is 0 Å². The molecule has 0 heterocycles. The summed E-state index contributed by atoms with van der Waals surface area (Å²) in [7, 11) is 0. The third kappa shape index (κ3) is 6.95. The molecule has 2 nitrogen and oxygen atoms in total. The molecule has 0 unspecified atom stereocenters. The fourth-order valence-electron chi connectivity index (χ4n) is 2.30. The largest absolute Gasteiger partial charge is 0.494 e. The summed E-state index contributed by atoms with van der Waals surface area (Å²) in [5.41, 5.74) is 7.18. The van der Waals surface area contributed by atoms with Gasteiger partial charge in [-0.1, -0.05) is 64.5 Å². The number of hydrogen-bond acceptors (Lipinski definition) is 2. The van der Waals surface area contributed by atoms with E-state index in [-0.39, 0.29) is 6.04 Å². The minimum absolute atomic E-state index is 0.146. The molecule has 1 rings (SSSR count). The average Bonchev–Trinajstić information content (AvgIpc) is 2.50. The zero-order chi connectivity index (χ0) is 14.6. The van der Waals surface area contributed by atoms with Crippen LogP contribution in [0.2, 0.25) is 0 Å². The maximum absolute atomic E-state index is 5.99. The van der Waals surface area contributed by atoms with E-state index < -0.39 is 0 Å². The predicted molar refractivity (Wildman–Crippen MR) is 87.1 cm³/mol. The van der Waals surface area contributed by atoms with Gasteiger partial charge in [-0.2, -0.15) is 0 Å². The molecule has 0 bridgehead atoms. The highest BCUT2D eigenvalue weighted by molar-refractivity contribution is 5.28. The molecule has 0 aliphatic carbocycles. The lowest BCUT2D eigenvalue weighted by Gasteiger charge is -2.10. The van der Waals surface area contributed by atoms with Crippen molar-refractivity contribution in [1.29, 1.82) is 0 Å². The Bertz CT molecular complexity index is 334. The maximum Gasteiger partial charge on any atom is 0.119 e. The Hall–Kier alpha value is -1.02. The molecule has 0 amide bonds. The molecule has 0 aliphatic heterocycles. The first kappa shape index (κ1) is 17.0. The van der Waals surface area contributed by atoms with E-state index in [1.165, 1.54) is 44.1 Å². The second kappa shape index (κ2) is 10.7. The van der Waals surface area contributed by atoms with Gasteiger partial charge in [-0.15, -0.1) is 0 Å². The van der Waals surface area contributed by atoms with Gasteiger partial charge in [0.2, 0.25) is 0 Å². The molecule has 0 saturated heterocycles. The van der Waals surface area contributed by atoms with E-state index in [1.807, 2.05) is 12.1 Å². The molecule has 0 fully saturated rings. The van der Waals surface area contributed by atoms with Gasteiger partial charge >= 0.3 is 0 Å². The monoisotopic (exact) mass is 277 g/mol. The zero-order valence-electron chi connectivity index (χ0n) is 13.2. The van der Waals surface area contributed by atoms with Crippen molar-refractivity contribution >= 4 is 0 Å². The fraction of sp³-hybridized carbons (Fsp3) is 0.667. The van der Waals surface area contributed by atoms with Crippen LogP contribution in [-0.2, 0) is 0 Å². The molecular formula is C18H31NO. The lowest BCUT2D eigenvalue weighted by atomic mass is 10.1. The van der Waals surface area contributed by atoms with Gasteiger partial charge in [-0.3, -0.25) is 0 Å². The van der Waals surface area contributed by atoms with Gasteiger partial charge in [0.1, 0.15) is 5.75 Å². The summed E-state index contributed by atoms with van der Waals surface area (Å²) < 4.78 is 5.76. The highest BCUT2D eigenvalue weighted by Gasteiger charge is 2.02. The highest BCUT2D eigenvalue weighted by Crippen LogP contribution is 2.18. The van der Waals surface area contributed by atoms with Crippen LogP contribution >= 0.6 is 0 Å². The third-order valence-electron chi connectivity index (χ3n) is 3.76. The normalized spacial score (nSPS) is 12.3. The molecule has 0 saturated carbocycles. The second-order valence-electron chi connectivity index (χ2n) is 5.55. The molecule has 2 N–H and O–H groups in total. The first-order chi connectivity index (χ1) is 9.77. The Morgan fingerprint density at radius 1 is 0.900 bits per heavy atom. The molecule has 0 aromatic heterocycles. The summed E-state index contributed by atoms with van der Waals surface area (Å²) in [5.74, 6) is 0.961. The average molecular weight is 277 g/mol. The quantitative estimate of drug-likeness (QED) is 0.562. The lowest BCUT2D eigenvalue weighted by Crippen LogP contribution is -2.08. The van der Waals surface area contributed by atoms with E-state index in [9.17, 15) is 0 Å². The van der Waals surface area contributed by atoms with Gasteiger partial charge in [0.05, 0.1) is 6.61 Å². The maximum atomic E-state index is 5.99. The van der Waals surface area contributed by atoms with Crippen LogP contribution < -0.4 is 10.5 Å². The summed E-state index contributed by atoms with van der Waals surface area (Å²) in [6.07, 6.45) is 10.2. The van der Waals surface area contributed by atoms with Crippen LogP contribution in [0.1, 0.15) is 76.8 Å². The minimum atomic E-state index is 0.146. The van der Waals surface area contributed by atoms with Crippen LogP contribution in [-0.4, -0.2) is 6.61 Å². The number of unbranched alkanes of at least 4 members (excludes halogenated alkanes) is 6. The van der Waals surface area contributed by atoms with E-state index in [2.05, 4.69) is 26.0 Å². The van der Waals surface area contributed by atoms with E-state index in [0.717, 1.165) is 25.2 Å². The van der Waals surface area contributed by atoms with Crippen LogP contribution in [0.25, 0.3) is 0 Å². The summed E-state index contributed by atoms with van der Waals surface area (Å²) in [5, 5.41) is 0.